The summed E-state index contributed by atoms with van der Waals surface area (Å²) in [7, 11) is 1.79. The van der Waals surface area contributed by atoms with Gasteiger partial charge in [0.25, 0.3) is 5.91 Å². The molecule has 0 bridgehead atoms. The highest BCUT2D eigenvalue weighted by molar-refractivity contribution is 7.19. The number of nitrogens with zero attached hydrogens (tertiary/aromatic N) is 2. The minimum atomic E-state index is -0.227. The molecule has 9 heteroatoms. The van der Waals surface area contributed by atoms with Crippen LogP contribution in [0.5, 0.6) is 0 Å². The number of fused-ring (bicyclic) bond motifs is 2. The van der Waals surface area contributed by atoms with E-state index < -0.39 is 0 Å². The molecular formula is C21H23N7OS. The third-order valence-corrected chi connectivity index (χ3v) is 6.30. The first-order valence-electron chi connectivity index (χ1n) is 9.60. The second-order valence-electron chi connectivity index (χ2n) is 7.11. The Kier molecular flexibility index (Phi) is 5.37. The molecule has 30 heavy (non-hydrogen) atoms. The first-order valence-corrected chi connectivity index (χ1v) is 10.4. The van der Waals surface area contributed by atoms with E-state index in [1.54, 1.807) is 11.6 Å². The highest BCUT2D eigenvalue weighted by Crippen LogP contribution is 2.31. The number of carbonyl (C=O) groups excluding carboxylic acids is 1. The van der Waals surface area contributed by atoms with Gasteiger partial charge in [0, 0.05) is 55.9 Å². The van der Waals surface area contributed by atoms with Gasteiger partial charge in [-0.3, -0.25) is 4.79 Å². The molecule has 1 amide bonds. The molecule has 0 saturated heterocycles. The Bertz CT molecular complexity index is 1190. The van der Waals surface area contributed by atoms with Crippen LogP contribution in [-0.2, 0) is 26.4 Å². The molecule has 1 aromatic carbocycles. The Morgan fingerprint density at radius 1 is 1.43 bits per heavy atom. The zero-order valence-corrected chi connectivity index (χ0v) is 17.4. The molecule has 2 aromatic heterocycles. The van der Waals surface area contributed by atoms with Crippen molar-refractivity contribution in [2.75, 3.05) is 11.9 Å². The fraction of sp³-hybridized carbons (Fsp3) is 0.238. The third kappa shape index (κ3) is 3.48. The van der Waals surface area contributed by atoms with Crippen LogP contribution >= 0.6 is 11.3 Å². The van der Waals surface area contributed by atoms with Crippen molar-refractivity contribution in [2.24, 2.45) is 12.8 Å². The molecule has 6 N–H and O–H groups in total. The van der Waals surface area contributed by atoms with Crippen LogP contribution in [0.25, 0.3) is 10.3 Å². The van der Waals surface area contributed by atoms with Gasteiger partial charge in [-0.1, -0.05) is 12.1 Å². The van der Waals surface area contributed by atoms with E-state index in [-0.39, 0.29) is 5.91 Å². The van der Waals surface area contributed by atoms with Crippen LogP contribution < -0.4 is 16.4 Å². The smallest absolute Gasteiger partial charge is 0.268 e. The van der Waals surface area contributed by atoms with Crippen LogP contribution in [0, 0.1) is 10.8 Å². The average molecular weight is 422 g/mol. The molecule has 3 aromatic rings. The van der Waals surface area contributed by atoms with Crippen molar-refractivity contribution in [3.05, 3.63) is 57.4 Å². The normalized spacial score (nSPS) is 13.2. The molecular weight excluding hydrogens is 398 g/mol. The highest BCUT2D eigenvalue weighted by Gasteiger charge is 2.23. The number of rotatable bonds is 7. The quantitative estimate of drug-likeness (QED) is 0.375. The van der Waals surface area contributed by atoms with Gasteiger partial charge in [0.2, 0.25) is 0 Å². The number of nitrogens with one attached hydrogen (secondary N) is 4. The Hall–Kier alpha value is -3.46. The van der Waals surface area contributed by atoms with Gasteiger partial charge in [-0.15, -0.1) is 11.3 Å². The van der Waals surface area contributed by atoms with Crippen molar-refractivity contribution >= 4 is 45.7 Å². The van der Waals surface area contributed by atoms with Crippen LogP contribution in [-0.4, -0.2) is 34.4 Å². The number of carbonyl (C=O) groups is 1. The summed E-state index contributed by atoms with van der Waals surface area (Å²) < 4.78 is 2.53. The minimum Gasteiger partial charge on any atom is -0.402 e. The number of aryl methyl sites for hydroxylation is 1. The minimum absolute atomic E-state index is 0.227. The lowest BCUT2D eigenvalue weighted by Crippen LogP contribution is -2.26. The van der Waals surface area contributed by atoms with Crippen molar-refractivity contribution in [2.45, 2.75) is 19.4 Å². The number of aromatic nitrogens is 2. The van der Waals surface area contributed by atoms with Crippen molar-refractivity contribution in [3.63, 3.8) is 0 Å². The SMILES string of the molecule is Cn1c(C(=O)NCc2cccc3c2CCN3)c(C=N)c2sc(CC(N)=CC=N)nc21. The molecule has 0 unspecified atom stereocenters. The second-order valence-corrected chi connectivity index (χ2v) is 8.20. The molecule has 3 heterocycles. The van der Waals surface area contributed by atoms with Gasteiger partial charge >= 0.3 is 0 Å². The van der Waals surface area contributed by atoms with E-state index in [0.29, 0.717) is 35.6 Å². The lowest BCUT2D eigenvalue weighted by atomic mass is 10.0. The van der Waals surface area contributed by atoms with E-state index in [1.165, 1.54) is 29.2 Å². The molecule has 1 aliphatic heterocycles. The Morgan fingerprint density at radius 3 is 3.03 bits per heavy atom. The zero-order chi connectivity index (χ0) is 21.3. The summed E-state index contributed by atoms with van der Waals surface area (Å²) in [5, 5.41) is 22.1. The van der Waals surface area contributed by atoms with Crippen molar-refractivity contribution < 1.29 is 4.79 Å². The van der Waals surface area contributed by atoms with E-state index in [2.05, 4.69) is 21.7 Å². The number of allylic oxidation sites excluding steroid dienone is 2. The monoisotopic (exact) mass is 421 g/mol. The topological polar surface area (TPSA) is 133 Å². The van der Waals surface area contributed by atoms with Gasteiger partial charge < -0.3 is 31.8 Å². The number of thiazole rings is 1. The number of amides is 1. The van der Waals surface area contributed by atoms with E-state index in [0.717, 1.165) is 40.1 Å². The van der Waals surface area contributed by atoms with Crippen LogP contribution in [0.2, 0.25) is 0 Å². The third-order valence-electron chi connectivity index (χ3n) is 5.22. The highest BCUT2D eigenvalue weighted by atomic mass is 32.1. The summed E-state index contributed by atoms with van der Waals surface area (Å²) in [4.78, 5) is 17.6. The molecule has 1 aliphatic rings. The maximum absolute atomic E-state index is 13.0. The predicted octanol–water partition coefficient (Wildman–Crippen LogP) is 2.57. The number of hydrogen-bond acceptors (Lipinski definition) is 7. The van der Waals surface area contributed by atoms with Gasteiger partial charge in [-0.25, -0.2) is 4.98 Å². The molecule has 0 aliphatic carbocycles. The van der Waals surface area contributed by atoms with Gasteiger partial charge in [0.1, 0.15) is 10.7 Å². The lowest BCUT2D eigenvalue weighted by molar-refractivity contribution is 0.0943. The van der Waals surface area contributed by atoms with Crippen LogP contribution in [0.15, 0.2) is 30.0 Å². The summed E-state index contributed by atoms with van der Waals surface area (Å²) >= 11 is 1.42. The fourth-order valence-corrected chi connectivity index (χ4v) is 4.97. The number of hydrogen-bond donors (Lipinski definition) is 5. The summed E-state index contributed by atoms with van der Waals surface area (Å²) in [5.41, 5.74) is 11.6. The molecule has 4 rings (SSSR count). The molecule has 0 spiro atoms. The largest absolute Gasteiger partial charge is 0.402 e. The first kappa shape index (κ1) is 19.8. The molecule has 0 radical (unpaired) electrons. The Balaban J connectivity index is 1.60. The first-order chi connectivity index (χ1) is 14.5. The molecule has 0 saturated carbocycles. The summed E-state index contributed by atoms with van der Waals surface area (Å²) in [6.45, 7) is 1.35. The van der Waals surface area contributed by atoms with Gasteiger partial charge in [0.15, 0.2) is 5.65 Å². The predicted molar refractivity (Wildman–Crippen MR) is 121 cm³/mol. The van der Waals surface area contributed by atoms with Crippen LogP contribution in [0.3, 0.4) is 0 Å². The molecule has 0 fully saturated rings. The van der Waals surface area contributed by atoms with Crippen molar-refractivity contribution in [1.29, 1.82) is 10.8 Å². The van der Waals surface area contributed by atoms with E-state index in [1.807, 2.05) is 12.1 Å². The molecule has 8 nitrogen and oxygen atoms in total. The number of nitrogens with two attached hydrogens (primary N) is 1. The zero-order valence-electron chi connectivity index (χ0n) is 16.6. The van der Waals surface area contributed by atoms with E-state index >= 15 is 0 Å². The summed E-state index contributed by atoms with van der Waals surface area (Å²) in [6.07, 6.45) is 5.26. The standard InChI is InChI=1S/C21H23N7OS/c1-28-18(21(29)26-11-12-3-2-4-16-14(12)6-8-25-16)15(10-23)19-20(28)27-17(30-19)9-13(24)5-7-22/h2-5,7,10,22-23,25H,6,8-9,11,24H2,1H3,(H,26,29). The van der Waals surface area contributed by atoms with E-state index in [9.17, 15) is 4.79 Å². The summed E-state index contributed by atoms with van der Waals surface area (Å²) in [5.74, 6) is -0.227. The van der Waals surface area contributed by atoms with Crippen LogP contribution in [0.4, 0.5) is 5.69 Å². The number of anilines is 1. The maximum atomic E-state index is 13.0. The average Bonchev–Trinajstić information content (AvgIpc) is 3.41. The summed E-state index contributed by atoms with van der Waals surface area (Å²) in [6, 6.07) is 6.08. The van der Waals surface area contributed by atoms with Gasteiger partial charge in [0.05, 0.1) is 4.70 Å². The molecule has 154 valence electrons. The van der Waals surface area contributed by atoms with Crippen LogP contribution in [0.1, 0.15) is 32.2 Å². The molecule has 0 atom stereocenters. The van der Waals surface area contributed by atoms with Gasteiger partial charge in [-0.05, 0) is 29.7 Å². The van der Waals surface area contributed by atoms with Crippen molar-refractivity contribution in [1.82, 2.24) is 14.9 Å². The maximum Gasteiger partial charge on any atom is 0.268 e. The Morgan fingerprint density at radius 2 is 2.27 bits per heavy atom. The lowest BCUT2D eigenvalue weighted by Gasteiger charge is -2.11. The van der Waals surface area contributed by atoms with Crippen molar-refractivity contribution in [3.8, 4) is 0 Å². The van der Waals surface area contributed by atoms with Gasteiger partial charge in [-0.2, -0.15) is 0 Å². The van der Waals surface area contributed by atoms with E-state index in [4.69, 9.17) is 16.6 Å². The Labute approximate surface area is 177 Å². The number of benzene rings is 1. The second kappa shape index (κ2) is 8.11. The fourth-order valence-electron chi connectivity index (χ4n) is 3.82.